The second-order valence-electron chi connectivity index (χ2n) is 14.1. The van der Waals surface area contributed by atoms with Crippen LogP contribution in [0.15, 0.2) is 212 Å². The predicted octanol–water partition coefficient (Wildman–Crippen LogP) is 13.8. The van der Waals surface area contributed by atoms with Crippen molar-refractivity contribution >= 4 is 21.5 Å². The summed E-state index contributed by atoms with van der Waals surface area (Å²) in [6.45, 7) is 0. The molecule has 0 spiro atoms. The predicted molar refractivity (Wildman–Crippen MR) is 233 cm³/mol. The van der Waals surface area contributed by atoms with Gasteiger partial charge in [-0.1, -0.05) is 182 Å². The van der Waals surface area contributed by atoms with E-state index in [0.717, 1.165) is 72.8 Å². The summed E-state index contributed by atoms with van der Waals surface area (Å²) in [5.74, 6) is 0.707. The molecule has 0 saturated heterocycles. The Labute approximate surface area is 326 Å². The maximum Gasteiger partial charge on any atom is 0.160 e. The van der Waals surface area contributed by atoms with Gasteiger partial charge < -0.3 is 0 Å². The average molecular weight is 714 g/mol. The van der Waals surface area contributed by atoms with E-state index in [2.05, 4.69) is 200 Å². The van der Waals surface area contributed by atoms with Crippen molar-refractivity contribution in [3.8, 4) is 78.7 Å². The molecule has 2 aromatic heterocycles. The van der Waals surface area contributed by atoms with Gasteiger partial charge >= 0.3 is 0 Å². The molecule has 0 aliphatic carbocycles. The fourth-order valence-corrected chi connectivity index (χ4v) is 7.45. The van der Waals surface area contributed by atoms with Gasteiger partial charge in [0.25, 0.3) is 0 Å². The van der Waals surface area contributed by atoms with Gasteiger partial charge in [-0.15, -0.1) is 0 Å². The normalized spacial score (nSPS) is 11.2. The standard InChI is InChI=1S/C53H35N3/c1-3-13-41(14-4-1)49-33-48(34-50(54-49)42-15-5-2-6-16-42)40-21-19-38(20-22-40)39-23-27-43(28-24-39)51-35-52(46-29-25-36-11-7-9-17-44(36)31-46)56-53(55-51)47-30-26-37-12-8-10-18-45(37)32-47/h1-35H. The zero-order valence-corrected chi connectivity index (χ0v) is 30.5. The van der Waals surface area contributed by atoms with E-state index in [1.807, 2.05) is 12.1 Å². The third kappa shape index (κ3) is 6.63. The minimum atomic E-state index is 0.707. The van der Waals surface area contributed by atoms with E-state index in [-0.39, 0.29) is 0 Å². The van der Waals surface area contributed by atoms with Crippen LogP contribution in [-0.2, 0) is 0 Å². The maximum absolute atomic E-state index is 5.16. The smallest absolute Gasteiger partial charge is 0.160 e. The molecule has 56 heavy (non-hydrogen) atoms. The zero-order chi connectivity index (χ0) is 37.3. The van der Waals surface area contributed by atoms with Gasteiger partial charge in [-0.3, -0.25) is 0 Å². The van der Waals surface area contributed by atoms with E-state index >= 15 is 0 Å². The first-order valence-electron chi connectivity index (χ1n) is 18.9. The molecule has 0 N–H and O–H groups in total. The molecule has 262 valence electrons. The van der Waals surface area contributed by atoms with Crippen molar-refractivity contribution < 1.29 is 0 Å². The van der Waals surface area contributed by atoms with Gasteiger partial charge in [0.05, 0.1) is 22.8 Å². The number of hydrogen-bond donors (Lipinski definition) is 0. The number of fused-ring (bicyclic) bond motifs is 2. The lowest BCUT2D eigenvalue weighted by atomic mass is 9.97. The molecule has 10 rings (SSSR count). The molecular formula is C53H35N3. The molecule has 2 heterocycles. The van der Waals surface area contributed by atoms with E-state index in [9.17, 15) is 0 Å². The van der Waals surface area contributed by atoms with Crippen LogP contribution in [0.5, 0.6) is 0 Å². The van der Waals surface area contributed by atoms with Gasteiger partial charge in [0.2, 0.25) is 0 Å². The number of aromatic nitrogens is 3. The van der Waals surface area contributed by atoms with Crippen molar-refractivity contribution in [3.63, 3.8) is 0 Å². The van der Waals surface area contributed by atoms with Gasteiger partial charge in [-0.25, -0.2) is 15.0 Å². The Kier molecular flexibility index (Phi) is 8.51. The minimum Gasteiger partial charge on any atom is -0.248 e. The molecule has 0 aliphatic heterocycles. The second-order valence-corrected chi connectivity index (χ2v) is 14.1. The average Bonchev–Trinajstić information content (AvgIpc) is 3.29. The van der Waals surface area contributed by atoms with E-state index in [1.165, 1.54) is 21.5 Å². The molecule has 10 aromatic rings. The molecule has 0 aliphatic rings. The van der Waals surface area contributed by atoms with E-state index in [1.54, 1.807) is 0 Å². The Bertz CT molecular complexity index is 2840. The summed E-state index contributed by atoms with van der Waals surface area (Å²) in [5, 5.41) is 4.75. The summed E-state index contributed by atoms with van der Waals surface area (Å²) >= 11 is 0. The summed E-state index contributed by atoms with van der Waals surface area (Å²) in [6.07, 6.45) is 0. The molecule has 0 bridgehead atoms. The van der Waals surface area contributed by atoms with Gasteiger partial charge in [0, 0.05) is 27.8 Å². The number of hydrogen-bond acceptors (Lipinski definition) is 3. The molecule has 3 nitrogen and oxygen atoms in total. The van der Waals surface area contributed by atoms with Gasteiger partial charge in [-0.05, 0) is 74.1 Å². The Hall–Kier alpha value is -7.49. The highest BCUT2D eigenvalue weighted by atomic mass is 14.9. The molecular weight excluding hydrogens is 679 g/mol. The number of rotatable bonds is 7. The van der Waals surface area contributed by atoms with Crippen molar-refractivity contribution in [3.05, 3.63) is 212 Å². The van der Waals surface area contributed by atoms with E-state index < -0.39 is 0 Å². The quantitative estimate of drug-likeness (QED) is 0.165. The SMILES string of the molecule is c1ccc(-c2cc(-c3ccc(-c4ccc(-c5cc(-c6ccc7ccccc7c6)nc(-c6ccc7ccccc7c6)n5)cc4)cc3)cc(-c3ccccc3)n2)cc1. The third-order valence-corrected chi connectivity index (χ3v) is 10.5. The summed E-state index contributed by atoms with van der Waals surface area (Å²) in [5.41, 5.74) is 13.5. The first-order chi connectivity index (χ1) is 27.7. The Balaban J connectivity index is 0.994. The lowest BCUT2D eigenvalue weighted by Crippen LogP contribution is -1.96. The molecule has 0 saturated carbocycles. The molecule has 0 fully saturated rings. The third-order valence-electron chi connectivity index (χ3n) is 10.5. The highest BCUT2D eigenvalue weighted by Gasteiger charge is 2.13. The van der Waals surface area contributed by atoms with Crippen molar-refractivity contribution in [1.82, 2.24) is 15.0 Å². The molecule has 8 aromatic carbocycles. The van der Waals surface area contributed by atoms with Crippen LogP contribution in [-0.4, -0.2) is 15.0 Å². The van der Waals surface area contributed by atoms with Gasteiger partial charge in [0.15, 0.2) is 5.82 Å². The van der Waals surface area contributed by atoms with E-state index in [4.69, 9.17) is 15.0 Å². The largest absolute Gasteiger partial charge is 0.248 e. The fourth-order valence-electron chi connectivity index (χ4n) is 7.45. The summed E-state index contributed by atoms with van der Waals surface area (Å²) < 4.78 is 0. The van der Waals surface area contributed by atoms with E-state index in [0.29, 0.717) is 5.82 Å². The van der Waals surface area contributed by atoms with Crippen molar-refractivity contribution in [2.75, 3.05) is 0 Å². The number of nitrogens with zero attached hydrogens (tertiary/aromatic N) is 3. The summed E-state index contributed by atoms with van der Waals surface area (Å²) in [4.78, 5) is 15.4. The van der Waals surface area contributed by atoms with Crippen LogP contribution in [0.2, 0.25) is 0 Å². The Morgan fingerprint density at radius 2 is 0.554 bits per heavy atom. The van der Waals surface area contributed by atoms with Crippen molar-refractivity contribution in [1.29, 1.82) is 0 Å². The first kappa shape index (κ1) is 33.1. The first-order valence-corrected chi connectivity index (χ1v) is 18.9. The topological polar surface area (TPSA) is 38.7 Å². The van der Waals surface area contributed by atoms with Crippen LogP contribution in [0.25, 0.3) is 100 Å². The molecule has 0 unspecified atom stereocenters. The highest BCUT2D eigenvalue weighted by Crippen LogP contribution is 2.34. The summed E-state index contributed by atoms with van der Waals surface area (Å²) in [6, 6.07) is 74.6. The van der Waals surface area contributed by atoms with Crippen LogP contribution in [0.1, 0.15) is 0 Å². The second kappa shape index (κ2) is 14.4. The molecule has 0 amide bonds. The lowest BCUT2D eigenvalue weighted by molar-refractivity contribution is 1.18. The van der Waals surface area contributed by atoms with Crippen LogP contribution in [0.4, 0.5) is 0 Å². The maximum atomic E-state index is 5.16. The van der Waals surface area contributed by atoms with Crippen LogP contribution >= 0.6 is 0 Å². The lowest BCUT2D eigenvalue weighted by Gasteiger charge is -2.12. The van der Waals surface area contributed by atoms with Gasteiger partial charge in [-0.2, -0.15) is 0 Å². The van der Waals surface area contributed by atoms with Crippen LogP contribution < -0.4 is 0 Å². The molecule has 0 radical (unpaired) electrons. The zero-order valence-electron chi connectivity index (χ0n) is 30.5. The number of pyridine rings is 1. The Morgan fingerprint density at radius 1 is 0.196 bits per heavy atom. The van der Waals surface area contributed by atoms with Crippen LogP contribution in [0, 0.1) is 0 Å². The molecule has 0 atom stereocenters. The van der Waals surface area contributed by atoms with Crippen molar-refractivity contribution in [2.45, 2.75) is 0 Å². The fraction of sp³-hybridized carbons (Fsp3) is 0. The minimum absolute atomic E-state index is 0.707. The Morgan fingerprint density at radius 3 is 1.09 bits per heavy atom. The molecule has 3 heteroatoms. The van der Waals surface area contributed by atoms with Crippen molar-refractivity contribution in [2.24, 2.45) is 0 Å². The monoisotopic (exact) mass is 713 g/mol. The van der Waals surface area contributed by atoms with Crippen LogP contribution in [0.3, 0.4) is 0 Å². The van der Waals surface area contributed by atoms with Gasteiger partial charge in [0.1, 0.15) is 0 Å². The number of benzene rings is 8. The summed E-state index contributed by atoms with van der Waals surface area (Å²) in [7, 11) is 0. The highest BCUT2D eigenvalue weighted by molar-refractivity contribution is 5.89.